The number of nitro groups is 1. The maximum atomic E-state index is 11.8. The third-order valence-electron chi connectivity index (χ3n) is 3.72. The van der Waals surface area contributed by atoms with Crippen LogP contribution in [0.1, 0.15) is 18.1 Å². The van der Waals surface area contributed by atoms with Gasteiger partial charge in [0.15, 0.2) is 11.5 Å². The van der Waals surface area contributed by atoms with Crippen LogP contribution in [0.25, 0.3) is 6.08 Å². The molecule has 0 aliphatic rings. The van der Waals surface area contributed by atoms with Crippen LogP contribution >= 0.6 is 0 Å². The van der Waals surface area contributed by atoms with Crippen molar-refractivity contribution in [3.05, 3.63) is 69.3 Å². The lowest BCUT2D eigenvalue weighted by Crippen LogP contribution is -2.35. The zero-order valence-electron chi connectivity index (χ0n) is 16.0. The van der Waals surface area contributed by atoms with Crippen LogP contribution < -0.4 is 20.5 Å². The Balaban J connectivity index is 2.20. The first-order valence-electron chi connectivity index (χ1n) is 8.69. The SMILES string of the molecule is CCOc1cc(/C=C(/C#N)C(=O)NC(N)=O)ccc1OCc1ccc([N+](=O)[O-])cc1. The second kappa shape index (κ2) is 10.2. The first kappa shape index (κ1) is 21.9. The van der Waals surface area contributed by atoms with Crippen LogP contribution in [0, 0.1) is 21.4 Å². The van der Waals surface area contributed by atoms with Crippen LogP contribution in [0.2, 0.25) is 0 Å². The minimum absolute atomic E-state index is 0.0152. The van der Waals surface area contributed by atoms with Crippen molar-refractivity contribution in [2.45, 2.75) is 13.5 Å². The Labute approximate surface area is 171 Å². The van der Waals surface area contributed by atoms with E-state index in [1.165, 1.54) is 18.2 Å². The molecule has 0 saturated heterocycles. The number of rotatable bonds is 8. The minimum Gasteiger partial charge on any atom is -0.490 e. The van der Waals surface area contributed by atoms with Gasteiger partial charge in [0.2, 0.25) is 0 Å². The van der Waals surface area contributed by atoms with Gasteiger partial charge in [-0.15, -0.1) is 0 Å². The average Bonchev–Trinajstić information content (AvgIpc) is 2.71. The summed E-state index contributed by atoms with van der Waals surface area (Å²) in [5, 5.41) is 21.7. The van der Waals surface area contributed by atoms with E-state index >= 15 is 0 Å². The topological polar surface area (TPSA) is 158 Å². The molecule has 2 aromatic rings. The predicted molar refractivity (Wildman–Crippen MR) is 106 cm³/mol. The fraction of sp³-hybridized carbons (Fsp3) is 0.150. The average molecular weight is 410 g/mol. The van der Waals surface area contributed by atoms with E-state index in [0.29, 0.717) is 23.7 Å². The van der Waals surface area contributed by atoms with Crippen molar-refractivity contribution in [3.63, 3.8) is 0 Å². The summed E-state index contributed by atoms with van der Waals surface area (Å²) in [6, 6.07) is 11.4. The molecule has 0 unspecified atom stereocenters. The highest BCUT2D eigenvalue weighted by Crippen LogP contribution is 2.30. The van der Waals surface area contributed by atoms with Crippen LogP contribution in [-0.4, -0.2) is 23.5 Å². The lowest BCUT2D eigenvalue weighted by molar-refractivity contribution is -0.384. The summed E-state index contributed by atoms with van der Waals surface area (Å²) < 4.78 is 11.3. The third kappa shape index (κ3) is 6.07. The van der Waals surface area contributed by atoms with Crippen LogP contribution in [0.3, 0.4) is 0 Å². The Bertz CT molecular complexity index is 1020. The fourth-order valence-corrected chi connectivity index (χ4v) is 2.37. The summed E-state index contributed by atoms with van der Waals surface area (Å²) >= 11 is 0. The molecule has 10 nitrogen and oxygen atoms in total. The third-order valence-corrected chi connectivity index (χ3v) is 3.72. The summed E-state index contributed by atoms with van der Waals surface area (Å²) in [7, 11) is 0. The van der Waals surface area contributed by atoms with E-state index < -0.39 is 16.9 Å². The Kier molecular flexibility index (Phi) is 7.47. The number of primary amides is 1. The molecule has 0 aromatic heterocycles. The molecule has 0 aliphatic carbocycles. The number of nitro benzene ring substituents is 1. The normalized spacial score (nSPS) is 10.6. The highest BCUT2D eigenvalue weighted by Gasteiger charge is 2.13. The van der Waals surface area contributed by atoms with Crippen molar-refractivity contribution < 1.29 is 24.0 Å². The van der Waals surface area contributed by atoms with E-state index in [4.69, 9.17) is 20.5 Å². The van der Waals surface area contributed by atoms with Crippen molar-refractivity contribution in [2.24, 2.45) is 5.73 Å². The van der Waals surface area contributed by atoms with Gasteiger partial charge in [0, 0.05) is 12.1 Å². The van der Waals surface area contributed by atoms with Gasteiger partial charge in [-0.3, -0.25) is 20.2 Å². The lowest BCUT2D eigenvalue weighted by atomic mass is 10.1. The van der Waals surface area contributed by atoms with Crippen molar-refractivity contribution in [1.29, 1.82) is 5.26 Å². The quantitative estimate of drug-likeness (QED) is 0.293. The van der Waals surface area contributed by atoms with Gasteiger partial charge >= 0.3 is 6.03 Å². The molecule has 0 radical (unpaired) electrons. The van der Waals surface area contributed by atoms with Crippen LogP contribution in [0.5, 0.6) is 11.5 Å². The molecule has 0 fully saturated rings. The number of benzene rings is 2. The maximum Gasteiger partial charge on any atom is 0.319 e. The molecule has 30 heavy (non-hydrogen) atoms. The molecule has 0 atom stereocenters. The standard InChI is InChI=1S/C20H18N4O6/c1-2-29-18-10-14(9-15(11-21)19(25)23-20(22)26)5-8-17(18)30-12-13-3-6-16(7-4-13)24(27)28/h3-10H,2,12H2,1H3,(H3,22,23,25,26)/b15-9-. The number of nitriles is 1. The second-order valence-corrected chi connectivity index (χ2v) is 5.84. The van der Waals surface area contributed by atoms with Gasteiger partial charge < -0.3 is 15.2 Å². The molecule has 0 spiro atoms. The van der Waals surface area contributed by atoms with Crippen molar-refractivity contribution in [2.75, 3.05) is 6.61 Å². The zero-order valence-corrected chi connectivity index (χ0v) is 16.0. The molecule has 3 amide bonds. The summed E-state index contributed by atoms with van der Waals surface area (Å²) in [6.07, 6.45) is 1.28. The number of ether oxygens (including phenoxy) is 2. The van der Waals surface area contributed by atoms with Crippen molar-refractivity contribution in [3.8, 4) is 17.6 Å². The highest BCUT2D eigenvalue weighted by atomic mass is 16.6. The number of nitrogens with zero attached hydrogens (tertiary/aromatic N) is 2. The number of nitrogens with one attached hydrogen (secondary N) is 1. The fourth-order valence-electron chi connectivity index (χ4n) is 2.37. The van der Waals surface area contributed by atoms with Crippen LogP contribution in [0.15, 0.2) is 48.0 Å². The minimum atomic E-state index is -1.06. The summed E-state index contributed by atoms with van der Waals surface area (Å²) in [5.41, 5.74) is 5.76. The molecule has 0 bridgehead atoms. The van der Waals surface area contributed by atoms with Crippen molar-refractivity contribution in [1.82, 2.24) is 5.32 Å². The number of imide groups is 1. The number of hydrogen-bond donors (Lipinski definition) is 2. The number of nitrogens with two attached hydrogens (primary N) is 1. The smallest absolute Gasteiger partial charge is 0.319 e. The molecule has 2 rings (SSSR count). The van der Waals surface area contributed by atoms with Gasteiger partial charge in [0.1, 0.15) is 18.2 Å². The summed E-state index contributed by atoms with van der Waals surface area (Å²) in [6.45, 7) is 2.27. The van der Waals surface area contributed by atoms with E-state index in [2.05, 4.69) is 0 Å². The Morgan fingerprint density at radius 3 is 2.47 bits per heavy atom. The Morgan fingerprint density at radius 2 is 1.90 bits per heavy atom. The molecular weight excluding hydrogens is 392 g/mol. The first-order chi connectivity index (χ1) is 14.3. The molecule has 3 N–H and O–H groups in total. The monoisotopic (exact) mass is 410 g/mol. The van der Waals surface area contributed by atoms with E-state index in [9.17, 15) is 19.7 Å². The largest absolute Gasteiger partial charge is 0.490 e. The van der Waals surface area contributed by atoms with Crippen LogP contribution in [-0.2, 0) is 11.4 Å². The summed E-state index contributed by atoms with van der Waals surface area (Å²) in [5.74, 6) is -0.130. The molecule has 0 saturated carbocycles. The van der Waals surface area contributed by atoms with E-state index in [0.717, 1.165) is 5.56 Å². The highest BCUT2D eigenvalue weighted by molar-refractivity contribution is 6.08. The number of non-ortho nitro benzene ring substituents is 1. The Hall–Kier alpha value is -4.39. The van der Waals surface area contributed by atoms with Gasteiger partial charge in [0.05, 0.1) is 11.5 Å². The predicted octanol–water partition coefficient (Wildman–Crippen LogP) is 2.67. The van der Waals surface area contributed by atoms with Gasteiger partial charge in [-0.1, -0.05) is 6.07 Å². The number of carbonyl (C=O) groups excluding carboxylic acids is 2. The molecule has 154 valence electrons. The van der Waals surface area contributed by atoms with Gasteiger partial charge in [-0.2, -0.15) is 5.26 Å². The molecule has 0 aliphatic heterocycles. The van der Waals surface area contributed by atoms with E-state index in [1.54, 1.807) is 43.3 Å². The number of amides is 3. The molecule has 0 heterocycles. The number of carbonyl (C=O) groups is 2. The maximum absolute atomic E-state index is 11.8. The second-order valence-electron chi connectivity index (χ2n) is 5.84. The van der Waals surface area contributed by atoms with E-state index in [1.807, 2.05) is 5.32 Å². The zero-order chi connectivity index (χ0) is 22.1. The first-order valence-corrected chi connectivity index (χ1v) is 8.69. The van der Waals surface area contributed by atoms with Crippen LogP contribution in [0.4, 0.5) is 10.5 Å². The summed E-state index contributed by atoms with van der Waals surface area (Å²) in [4.78, 5) is 32.8. The van der Waals surface area contributed by atoms with Gasteiger partial charge in [-0.25, -0.2) is 4.79 Å². The lowest BCUT2D eigenvalue weighted by Gasteiger charge is -2.13. The number of urea groups is 1. The van der Waals surface area contributed by atoms with Gasteiger partial charge in [0.25, 0.3) is 11.6 Å². The van der Waals surface area contributed by atoms with Gasteiger partial charge in [-0.05, 0) is 48.4 Å². The Morgan fingerprint density at radius 1 is 1.20 bits per heavy atom. The van der Waals surface area contributed by atoms with E-state index in [-0.39, 0.29) is 17.9 Å². The van der Waals surface area contributed by atoms with Crippen molar-refractivity contribution >= 4 is 23.7 Å². The molecular formula is C20H18N4O6. The molecule has 2 aromatic carbocycles. The number of hydrogen-bond acceptors (Lipinski definition) is 7. The molecule has 10 heteroatoms.